The molecule has 0 amide bonds. The molecule has 3 heteroatoms. The van der Waals surface area contributed by atoms with E-state index in [1.54, 1.807) is 0 Å². The van der Waals surface area contributed by atoms with Gasteiger partial charge in [-0.1, -0.05) is 18.2 Å². The van der Waals surface area contributed by atoms with E-state index < -0.39 is 0 Å². The second kappa shape index (κ2) is 2.90. The van der Waals surface area contributed by atoms with Crippen LogP contribution in [0.4, 0.5) is 0 Å². The van der Waals surface area contributed by atoms with Gasteiger partial charge in [-0.05, 0) is 28.7 Å². The minimum atomic E-state index is 0.414. The van der Waals surface area contributed by atoms with E-state index >= 15 is 0 Å². The van der Waals surface area contributed by atoms with Crippen molar-refractivity contribution in [3.05, 3.63) is 33.6 Å². The zero-order chi connectivity index (χ0) is 8.55. The number of para-hydroxylation sites is 1. The number of carbonyl (C=O) groups excluding carboxylic acids is 1. The molecule has 0 saturated heterocycles. The molecular weight excluding hydrogens is 267 g/mol. The lowest BCUT2D eigenvalue weighted by Crippen LogP contribution is -1.75. The van der Waals surface area contributed by atoms with Crippen LogP contribution in [0.5, 0.6) is 0 Å². The van der Waals surface area contributed by atoms with E-state index in [0.29, 0.717) is 5.76 Å². The molecule has 12 heavy (non-hydrogen) atoms. The fourth-order valence-corrected chi connectivity index (χ4v) is 1.79. The second-order valence-electron chi connectivity index (χ2n) is 2.39. The highest BCUT2D eigenvalue weighted by Gasteiger charge is 2.08. The Kier molecular flexibility index (Phi) is 1.88. The largest absolute Gasteiger partial charge is 0.452 e. The molecule has 0 N–H and O–H groups in total. The molecule has 0 aliphatic heterocycles. The molecule has 0 atom stereocenters. The number of carbonyl (C=O) groups is 1. The Labute approximate surface area is 82.7 Å². The lowest BCUT2D eigenvalue weighted by molar-refractivity contribution is 0.110. The summed E-state index contributed by atoms with van der Waals surface area (Å²) >= 11 is 2.11. The van der Waals surface area contributed by atoms with Gasteiger partial charge in [-0.15, -0.1) is 0 Å². The van der Waals surface area contributed by atoms with E-state index in [-0.39, 0.29) is 0 Å². The Balaban J connectivity index is 2.87. The highest BCUT2D eigenvalue weighted by Crippen LogP contribution is 2.25. The fourth-order valence-electron chi connectivity index (χ4n) is 1.11. The van der Waals surface area contributed by atoms with Gasteiger partial charge in [0.05, 0.1) is 3.57 Å². The fraction of sp³-hybridized carbons (Fsp3) is 0. The second-order valence-corrected chi connectivity index (χ2v) is 3.47. The topological polar surface area (TPSA) is 30.2 Å². The van der Waals surface area contributed by atoms with Crippen LogP contribution in [0, 0.1) is 3.57 Å². The maximum Gasteiger partial charge on any atom is 0.186 e. The molecule has 2 aromatic rings. The van der Waals surface area contributed by atoms with E-state index in [2.05, 4.69) is 22.6 Å². The first-order chi connectivity index (χ1) is 5.83. The van der Waals surface area contributed by atoms with Crippen LogP contribution in [-0.2, 0) is 0 Å². The Bertz CT molecular complexity index is 431. The molecule has 1 aromatic heterocycles. The van der Waals surface area contributed by atoms with Crippen molar-refractivity contribution >= 4 is 39.8 Å². The summed E-state index contributed by atoms with van der Waals surface area (Å²) in [4.78, 5) is 10.5. The third-order valence-electron chi connectivity index (χ3n) is 1.67. The summed E-state index contributed by atoms with van der Waals surface area (Å²) in [6, 6.07) is 7.60. The normalized spacial score (nSPS) is 10.4. The number of hydrogen-bond acceptors (Lipinski definition) is 2. The molecule has 2 nitrogen and oxygen atoms in total. The smallest absolute Gasteiger partial charge is 0.186 e. The zero-order valence-electron chi connectivity index (χ0n) is 6.08. The lowest BCUT2D eigenvalue weighted by Gasteiger charge is -1.83. The van der Waals surface area contributed by atoms with Crippen molar-refractivity contribution in [1.29, 1.82) is 0 Å². The van der Waals surface area contributed by atoms with Crippen molar-refractivity contribution in [3.8, 4) is 0 Å². The van der Waals surface area contributed by atoms with Gasteiger partial charge in [0.25, 0.3) is 0 Å². The summed E-state index contributed by atoms with van der Waals surface area (Å²) in [5.41, 5.74) is 0.768. The van der Waals surface area contributed by atoms with Crippen LogP contribution in [0.3, 0.4) is 0 Å². The van der Waals surface area contributed by atoms with Gasteiger partial charge in [0.2, 0.25) is 0 Å². The number of rotatable bonds is 1. The third kappa shape index (κ3) is 1.04. The van der Waals surface area contributed by atoms with Gasteiger partial charge in [0.15, 0.2) is 12.0 Å². The van der Waals surface area contributed by atoms with Crippen LogP contribution in [-0.4, -0.2) is 6.29 Å². The van der Waals surface area contributed by atoms with Gasteiger partial charge in [-0.25, -0.2) is 0 Å². The van der Waals surface area contributed by atoms with Crippen LogP contribution in [0.1, 0.15) is 10.6 Å². The molecule has 0 aliphatic rings. The highest BCUT2D eigenvalue weighted by atomic mass is 127. The molecule has 0 unspecified atom stereocenters. The third-order valence-corrected chi connectivity index (χ3v) is 2.78. The molecule has 1 heterocycles. The standard InChI is InChI=1S/C9H5IO2/c10-9-6-3-1-2-4-7(6)12-8(9)5-11/h1-5H. The lowest BCUT2D eigenvalue weighted by atomic mass is 10.2. The predicted octanol–water partition coefficient (Wildman–Crippen LogP) is 2.85. The quantitative estimate of drug-likeness (QED) is 0.590. The number of aldehydes is 1. The van der Waals surface area contributed by atoms with Crippen molar-refractivity contribution in [3.63, 3.8) is 0 Å². The highest BCUT2D eigenvalue weighted by molar-refractivity contribution is 14.1. The van der Waals surface area contributed by atoms with E-state index in [1.807, 2.05) is 24.3 Å². The van der Waals surface area contributed by atoms with Crippen molar-refractivity contribution in [2.24, 2.45) is 0 Å². The van der Waals surface area contributed by atoms with Crippen LogP contribution >= 0.6 is 22.6 Å². The molecule has 0 spiro atoms. The Morgan fingerprint density at radius 1 is 1.33 bits per heavy atom. The monoisotopic (exact) mass is 272 g/mol. The van der Waals surface area contributed by atoms with Crippen molar-refractivity contribution in [2.75, 3.05) is 0 Å². The maximum atomic E-state index is 10.5. The molecular formula is C9H5IO2. The average Bonchev–Trinajstić information content (AvgIpc) is 2.44. The van der Waals surface area contributed by atoms with E-state index in [1.165, 1.54) is 0 Å². The minimum absolute atomic E-state index is 0.414. The van der Waals surface area contributed by atoms with Crippen LogP contribution in [0.15, 0.2) is 28.7 Å². The van der Waals surface area contributed by atoms with Crippen molar-refractivity contribution < 1.29 is 9.21 Å². The first-order valence-corrected chi connectivity index (χ1v) is 4.53. The van der Waals surface area contributed by atoms with Gasteiger partial charge < -0.3 is 4.42 Å². The minimum Gasteiger partial charge on any atom is -0.452 e. The SMILES string of the molecule is O=Cc1oc2ccccc2c1I. The van der Waals surface area contributed by atoms with Gasteiger partial charge in [0.1, 0.15) is 5.58 Å². The Hall–Kier alpha value is -0.840. The van der Waals surface area contributed by atoms with E-state index in [4.69, 9.17) is 4.42 Å². The van der Waals surface area contributed by atoms with Gasteiger partial charge >= 0.3 is 0 Å². The summed E-state index contributed by atoms with van der Waals surface area (Å²) < 4.78 is 6.16. The van der Waals surface area contributed by atoms with Gasteiger partial charge in [-0.2, -0.15) is 0 Å². The molecule has 2 rings (SSSR count). The van der Waals surface area contributed by atoms with Crippen molar-refractivity contribution in [2.45, 2.75) is 0 Å². The molecule has 60 valence electrons. The number of hydrogen-bond donors (Lipinski definition) is 0. The summed E-state index contributed by atoms with van der Waals surface area (Å²) in [7, 11) is 0. The molecule has 0 fully saturated rings. The van der Waals surface area contributed by atoms with E-state index in [0.717, 1.165) is 20.8 Å². The number of benzene rings is 1. The van der Waals surface area contributed by atoms with Crippen LogP contribution in [0.25, 0.3) is 11.0 Å². The molecule has 0 radical (unpaired) electrons. The summed E-state index contributed by atoms with van der Waals surface area (Å²) in [6.45, 7) is 0. The molecule has 0 bridgehead atoms. The molecule has 0 aliphatic carbocycles. The first kappa shape index (κ1) is 7.79. The zero-order valence-corrected chi connectivity index (χ0v) is 8.24. The van der Waals surface area contributed by atoms with Crippen LogP contribution in [0.2, 0.25) is 0 Å². The molecule has 1 aromatic carbocycles. The average molecular weight is 272 g/mol. The predicted molar refractivity (Wildman–Crippen MR) is 54.3 cm³/mol. The number of halogens is 1. The van der Waals surface area contributed by atoms with E-state index in [9.17, 15) is 4.79 Å². The van der Waals surface area contributed by atoms with Crippen LogP contribution < -0.4 is 0 Å². The summed E-state index contributed by atoms with van der Waals surface area (Å²) in [5, 5.41) is 1.00. The van der Waals surface area contributed by atoms with Gasteiger partial charge in [-0.3, -0.25) is 4.79 Å². The maximum absolute atomic E-state index is 10.5. The summed E-state index contributed by atoms with van der Waals surface area (Å²) in [5.74, 6) is 0.414. The Morgan fingerprint density at radius 2 is 2.08 bits per heavy atom. The number of furan rings is 1. The first-order valence-electron chi connectivity index (χ1n) is 3.45. The number of fused-ring (bicyclic) bond motifs is 1. The van der Waals surface area contributed by atoms with Crippen molar-refractivity contribution in [1.82, 2.24) is 0 Å². The molecule has 0 saturated carbocycles. The summed E-state index contributed by atoms with van der Waals surface area (Å²) in [6.07, 6.45) is 0.738. The van der Waals surface area contributed by atoms with Gasteiger partial charge in [0, 0.05) is 5.39 Å². The Morgan fingerprint density at radius 3 is 2.75 bits per heavy atom.